The molecule has 0 aliphatic heterocycles. The number of likely N-dealkylation sites (N-methyl/N-ethyl adjacent to an activating group) is 1. The number of nitrogens with zero attached hydrogens (tertiary/aromatic N) is 1. The second-order valence-electron chi connectivity index (χ2n) is 2.07. The van der Waals surface area contributed by atoms with Crippen LogP contribution in [0.1, 0.15) is 0 Å². The molecule has 0 aliphatic carbocycles. The summed E-state index contributed by atoms with van der Waals surface area (Å²) in [5, 5.41) is 0. The van der Waals surface area contributed by atoms with Crippen molar-refractivity contribution < 1.29 is 4.79 Å². The van der Waals surface area contributed by atoms with E-state index in [0.29, 0.717) is 0 Å². The Morgan fingerprint density at radius 1 is 1.67 bits per heavy atom. The summed E-state index contributed by atoms with van der Waals surface area (Å²) in [6.45, 7) is 0.205. The number of rotatable bonds is 2. The van der Waals surface area contributed by atoms with Crippen molar-refractivity contribution in [3.63, 3.8) is 0 Å². The van der Waals surface area contributed by atoms with Crippen molar-refractivity contribution in [3.8, 4) is 0 Å². The molecular formula is C5H13N3O. The summed E-state index contributed by atoms with van der Waals surface area (Å²) in [6, 6.07) is -0.542. The van der Waals surface area contributed by atoms with E-state index in [9.17, 15) is 4.79 Å². The van der Waals surface area contributed by atoms with Crippen LogP contribution >= 0.6 is 0 Å². The first kappa shape index (κ1) is 8.39. The number of amides is 1. The molecule has 0 saturated carbocycles. The zero-order valence-corrected chi connectivity index (χ0v) is 5.79. The molecule has 9 heavy (non-hydrogen) atoms. The Morgan fingerprint density at radius 2 is 2.11 bits per heavy atom. The normalized spacial score (nSPS) is 12.9. The number of hydrogen-bond donors (Lipinski definition) is 2. The molecule has 0 aromatic carbocycles. The topological polar surface area (TPSA) is 72.3 Å². The third kappa shape index (κ3) is 2.43. The van der Waals surface area contributed by atoms with Gasteiger partial charge in [-0.2, -0.15) is 0 Å². The van der Waals surface area contributed by atoms with E-state index >= 15 is 0 Å². The van der Waals surface area contributed by atoms with Crippen LogP contribution in [0.2, 0.25) is 0 Å². The fourth-order valence-corrected chi connectivity index (χ4v) is 0.432. The third-order valence-corrected chi connectivity index (χ3v) is 1.01. The summed E-state index contributed by atoms with van der Waals surface area (Å²) < 4.78 is 0. The highest BCUT2D eigenvalue weighted by atomic mass is 16.2. The summed E-state index contributed by atoms with van der Waals surface area (Å²) in [6.07, 6.45) is 0. The lowest BCUT2D eigenvalue weighted by atomic mass is 10.3. The molecule has 0 aliphatic rings. The Morgan fingerprint density at radius 3 is 2.22 bits per heavy atom. The van der Waals surface area contributed by atoms with Gasteiger partial charge in [-0.25, -0.2) is 0 Å². The lowest BCUT2D eigenvalue weighted by Gasteiger charge is -2.14. The minimum Gasteiger partial charge on any atom is -0.347 e. The fraction of sp³-hybridized carbons (Fsp3) is 0.800. The fourth-order valence-electron chi connectivity index (χ4n) is 0.432. The summed E-state index contributed by atoms with van der Waals surface area (Å²) in [7, 11) is 3.30. The maximum atomic E-state index is 10.8. The quantitative estimate of drug-likeness (QED) is 0.472. The van der Waals surface area contributed by atoms with Crippen molar-refractivity contribution in [2.24, 2.45) is 11.5 Å². The highest BCUT2D eigenvalue weighted by molar-refractivity contribution is 5.81. The van der Waals surface area contributed by atoms with Gasteiger partial charge in [0.2, 0.25) is 5.91 Å². The lowest BCUT2D eigenvalue weighted by molar-refractivity contribution is -0.129. The van der Waals surface area contributed by atoms with Crippen molar-refractivity contribution in [1.82, 2.24) is 4.90 Å². The first-order valence-corrected chi connectivity index (χ1v) is 2.76. The molecule has 4 nitrogen and oxygen atoms in total. The summed E-state index contributed by atoms with van der Waals surface area (Å²) in [5.41, 5.74) is 10.4. The van der Waals surface area contributed by atoms with Gasteiger partial charge in [-0.3, -0.25) is 4.79 Å². The predicted octanol–water partition coefficient (Wildman–Crippen LogP) is -1.64. The molecule has 0 rings (SSSR count). The maximum absolute atomic E-state index is 10.8. The van der Waals surface area contributed by atoms with E-state index in [1.165, 1.54) is 4.90 Å². The molecule has 0 bridgehead atoms. The number of nitrogens with two attached hydrogens (primary N) is 2. The molecule has 0 spiro atoms. The Balaban J connectivity index is 3.73. The summed E-state index contributed by atoms with van der Waals surface area (Å²) in [4.78, 5) is 12.2. The molecule has 54 valence electrons. The van der Waals surface area contributed by atoms with Gasteiger partial charge < -0.3 is 16.4 Å². The van der Waals surface area contributed by atoms with Crippen LogP contribution in [0.3, 0.4) is 0 Å². The Bertz CT molecular complexity index is 102. The van der Waals surface area contributed by atoms with Crippen LogP contribution < -0.4 is 11.5 Å². The van der Waals surface area contributed by atoms with E-state index in [4.69, 9.17) is 11.5 Å². The highest BCUT2D eigenvalue weighted by Crippen LogP contribution is 1.81. The van der Waals surface area contributed by atoms with Gasteiger partial charge in [-0.15, -0.1) is 0 Å². The standard InChI is InChI=1S/C5H13N3O/c1-8(2)5(9)4(7)3-6/h4H,3,6-7H2,1-2H3. The molecule has 0 heterocycles. The molecule has 0 fully saturated rings. The van der Waals surface area contributed by atoms with Gasteiger partial charge in [0, 0.05) is 20.6 Å². The second kappa shape index (κ2) is 3.42. The van der Waals surface area contributed by atoms with Crippen LogP contribution in [0.25, 0.3) is 0 Å². The molecule has 0 radical (unpaired) electrons. The second-order valence-corrected chi connectivity index (χ2v) is 2.07. The minimum atomic E-state index is -0.542. The van der Waals surface area contributed by atoms with Crippen LogP contribution in [-0.4, -0.2) is 37.5 Å². The summed E-state index contributed by atoms with van der Waals surface area (Å²) >= 11 is 0. The van der Waals surface area contributed by atoms with E-state index in [0.717, 1.165) is 0 Å². The minimum absolute atomic E-state index is 0.127. The molecule has 4 heteroatoms. The van der Waals surface area contributed by atoms with Crippen LogP contribution in [0.15, 0.2) is 0 Å². The van der Waals surface area contributed by atoms with Gasteiger partial charge in [0.15, 0.2) is 0 Å². The average molecular weight is 131 g/mol. The van der Waals surface area contributed by atoms with Crippen molar-refractivity contribution >= 4 is 5.91 Å². The third-order valence-electron chi connectivity index (χ3n) is 1.01. The lowest BCUT2D eigenvalue weighted by Crippen LogP contribution is -2.44. The zero-order chi connectivity index (χ0) is 7.44. The first-order chi connectivity index (χ1) is 4.09. The van der Waals surface area contributed by atoms with Crippen molar-refractivity contribution in [2.75, 3.05) is 20.6 Å². The molecule has 0 aromatic rings. The molecular weight excluding hydrogens is 118 g/mol. The van der Waals surface area contributed by atoms with E-state index in [-0.39, 0.29) is 12.5 Å². The largest absolute Gasteiger partial charge is 0.347 e. The Hall–Kier alpha value is -0.610. The Kier molecular flexibility index (Phi) is 3.19. The zero-order valence-electron chi connectivity index (χ0n) is 5.79. The van der Waals surface area contributed by atoms with Crippen LogP contribution in [0.4, 0.5) is 0 Å². The monoisotopic (exact) mass is 131 g/mol. The van der Waals surface area contributed by atoms with Crippen LogP contribution in [0, 0.1) is 0 Å². The Labute approximate surface area is 54.8 Å². The molecule has 1 unspecified atom stereocenters. The molecule has 1 atom stereocenters. The van der Waals surface area contributed by atoms with E-state index in [2.05, 4.69) is 0 Å². The SMILES string of the molecule is CN(C)C(=O)C(N)CN. The van der Waals surface area contributed by atoms with Crippen molar-refractivity contribution in [3.05, 3.63) is 0 Å². The van der Waals surface area contributed by atoms with E-state index in [1.54, 1.807) is 14.1 Å². The number of carbonyl (C=O) groups excluding carboxylic acids is 1. The van der Waals surface area contributed by atoms with Gasteiger partial charge in [-0.05, 0) is 0 Å². The first-order valence-electron chi connectivity index (χ1n) is 2.76. The van der Waals surface area contributed by atoms with Gasteiger partial charge in [0.1, 0.15) is 0 Å². The van der Waals surface area contributed by atoms with Crippen LogP contribution in [0.5, 0.6) is 0 Å². The van der Waals surface area contributed by atoms with Crippen molar-refractivity contribution in [2.45, 2.75) is 6.04 Å². The molecule has 4 N–H and O–H groups in total. The number of hydrogen-bond acceptors (Lipinski definition) is 3. The highest BCUT2D eigenvalue weighted by Gasteiger charge is 2.11. The van der Waals surface area contributed by atoms with Crippen LogP contribution in [-0.2, 0) is 4.79 Å². The molecule has 0 aromatic heterocycles. The van der Waals surface area contributed by atoms with Crippen molar-refractivity contribution in [1.29, 1.82) is 0 Å². The molecule has 1 amide bonds. The predicted molar refractivity (Wildman–Crippen MR) is 35.7 cm³/mol. The number of carbonyl (C=O) groups is 1. The smallest absolute Gasteiger partial charge is 0.240 e. The van der Waals surface area contributed by atoms with Gasteiger partial charge >= 0.3 is 0 Å². The average Bonchev–Trinajstić information content (AvgIpc) is 1.84. The molecule has 0 saturated heterocycles. The summed E-state index contributed by atoms with van der Waals surface area (Å²) in [5.74, 6) is -0.127. The van der Waals surface area contributed by atoms with Gasteiger partial charge in [0.25, 0.3) is 0 Å². The van der Waals surface area contributed by atoms with Gasteiger partial charge in [-0.1, -0.05) is 0 Å². The van der Waals surface area contributed by atoms with E-state index in [1.807, 2.05) is 0 Å². The van der Waals surface area contributed by atoms with E-state index < -0.39 is 6.04 Å². The maximum Gasteiger partial charge on any atom is 0.240 e. The van der Waals surface area contributed by atoms with Gasteiger partial charge in [0.05, 0.1) is 6.04 Å².